The molecule has 0 saturated heterocycles. The van der Waals surface area contributed by atoms with Crippen LogP contribution in [0, 0.1) is 5.82 Å². The van der Waals surface area contributed by atoms with Crippen molar-refractivity contribution in [2.75, 3.05) is 7.05 Å². The molecule has 0 aliphatic heterocycles. The molecule has 0 aliphatic rings. The van der Waals surface area contributed by atoms with Crippen LogP contribution in [0.1, 0.15) is 17.4 Å². The number of H-pyrrole nitrogens is 1. The molecular formula is C11H12BrFN4. The van der Waals surface area contributed by atoms with E-state index in [0.717, 1.165) is 15.9 Å². The van der Waals surface area contributed by atoms with Gasteiger partial charge >= 0.3 is 0 Å². The van der Waals surface area contributed by atoms with Crippen LogP contribution in [0.5, 0.6) is 0 Å². The quantitative estimate of drug-likeness (QED) is 0.910. The molecular weight excluding hydrogens is 287 g/mol. The minimum Gasteiger partial charge on any atom is -0.310 e. The molecule has 1 unspecified atom stereocenters. The lowest BCUT2D eigenvalue weighted by atomic mass is 10.1. The molecule has 6 heteroatoms. The fourth-order valence-electron chi connectivity index (χ4n) is 1.63. The highest BCUT2D eigenvalue weighted by Gasteiger charge is 2.14. The lowest BCUT2D eigenvalue weighted by Gasteiger charge is -2.14. The van der Waals surface area contributed by atoms with Crippen molar-refractivity contribution < 1.29 is 4.39 Å². The summed E-state index contributed by atoms with van der Waals surface area (Å²) < 4.78 is 13.7. The second kappa shape index (κ2) is 5.37. The van der Waals surface area contributed by atoms with Crippen molar-refractivity contribution in [1.82, 2.24) is 20.5 Å². The number of nitrogens with zero attached hydrogens (tertiary/aromatic N) is 2. The molecule has 2 aromatic rings. The fraction of sp³-hybridized carbons (Fsp3) is 0.273. The van der Waals surface area contributed by atoms with E-state index in [9.17, 15) is 4.39 Å². The second-order valence-electron chi connectivity index (χ2n) is 3.65. The molecule has 0 bridgehead atoms. The lowest BCUT2D eigenvalue weighted by Crippen LogP contribution is -2.20. The lowest BCUT2D eigenvalue weighted by molar-refractivity contribution is 0.557. The van der Waals surface area contributed by atoms with Gasteiger partial charge in [-0.25, -0.2) is 9.37 Å². The summed E-state index contributed by atoms with van der Waals surface area (Å²) in [5.74, 6) is 0.519. The standard InChI is InChI=1S/C11H12BrFN4/c1-14-10(11-15-6-16-17-11)4-7-2-3-8(13)5-9(7)12/h2-3,5-6,10,14H,4H2,1H3,(H,15,16,17). The smallest absolute Gasteiger partial charge is 0.141 e. The van der Waals surface area contributed by atoms with Crippen molar-refractivity contribution in [3.05, 3.63) is 46.2 Å². The Bertz CT molecular complexity index is 486. The number of likely N-dealkylation sites (N-methyl/N-ethyl adjacent to an activating group) is 1. The first-order valence-corrected chi connectivity index (χ1v) is 5.96. The second-order valence-corrected chi connectivity index (χ2v) is 4.51. The molecule has 1 heterocycles. The maximum Gasteiger partial charge on any atom is 0.141 e. The number of hydrogen-bond donors (Lipinski definition) is 2. The summed E-state index contributed by atoms with van der Waals surface area (Å²) in [6.07, 6.45) is 2.17. The Morgan fingerprint density at radius 3 is 2.94 bits per heavy atom. The zero-order chi connectivity index (χ0) is 12.3. The molecule has 4 nitrogen and oxygen atoms in total. The van der Waals surface area contributed by atoms with Crippen molar-refractivity contribution in [2.45, 2.75) is 12.5 Å². The van der Waals surface area contributed by atoms with Crippen LogP contribution in [-0.2, 0) is 6.42 Å². The van der Waals surface area contributed by atoms with Gasteiger partial charge in [-0.3, -0.25) is 5.10 Å². The van der Waals surface area contributed by atoms with Gasteiger partial charge in [-0.2, -0.15) is 5.10 Å². The van der Waals surface area contributed by atoms with E-state index in [2.05, 4.69) is 36.4 Å². The highest BCUT2D eigenvalue weighted by atomic mass is 79.9. The predicted molar refractivity (Wildman–Crippen MR) is 66.0 cm³/mol. The Labute approximate surface area is 107 Å². The molecule has 0 fully saturated rings. The summed E-state index contributed by atoms with van der Waals surface area (Å²) in [6, 6.07) is 4.70. The van der Waals surface area contributed by atoms with E-state index in [0.29, 0.717) is 6.42 Å². The van der Waals surface area contributed by atoms with Gasteiger partial charge in [0, 0.05) is 4.47 Å². The molecule has 2 N–H and O–H groups in total. The van der Waals surface area contributed by atoms with E-state index >= 15 is 0 Å². The van der Waals surface area contributed by atoms with Gasteiger partial charge in [0.15, 0.2) is 0 Å². The highest BCUT2D eigenvalue weighted by molar-refractivity contribution is 9.10. The molecule has 90 valence electrons. The number of aromatic amines is 1. The zero-order valence-electron chi connectivity index (χ0n) is 9.24. The van der Waals surface area contributed by atoms with E-state index in [-0.39, 0.29) is 11.9 Å². The van der Waals surface area contributed by atoms with Crippen molar-refractivity contribution in [1.29, 1.82) is 0 Å². The number of benzene rings is 1. The van der Waals surface area contributed by atoms with Crippen molar-refractivity contribution in [3.8, 4) is 0 Å². The summed E-state index contributed by atoms with van der Waals surface area (Å²) >= 11 is 3.35. The molecule has 2 rings (SSSR count). The summed E-state index contributed by atoms with van der Waals surface area (Å²) in [7, 11) is 1.85. The summed E-state index contributed by atoms with van der Waals surface area (Å²) in [5.41, 5.74) is 1.02. The Morgan fingerprint density at radius 2 is 2.35 bits per heavy atom. The van der Waals surface area contributed by atoms with Crippen LogP contribution in [0.4, 0.5) is 4.39 Å². The molecule has 0 aliphatic carbocycles. The monoisotopic (exact) mass is 298 g/mol. The van der Waals surface area contributed by atoms with Crippen LogP contribution in [0.2, 0.25) is 0 Å². The van der Waals surface area contributed by atoms with Crippen LogP contribution < -0.4 is 5.32 Å². The number of hydrogen-bond acceptors (Lipinski definition) is 3. The van der Waals surface area contributed by atoms with Gasteiger partial charge in [0.2, 0.25) is 0 Å². The van der Waals surface area contributed by atoms with Gasteiger partial charge in [-0.1, -0.05) is 22.0 Å². The Balaban J connectivity index is 2.19. The first-order chi connectivity index (χ1) is 8.20. The number of halogens is 2. The summed E-state index contributed by atoms with van der Waals surface area (Å²) in [4.78, 5) is 4.11. The molecule has 1 aromatic heterocycles. The first kappa shape index (κ1) is 12.2. The maximum absolute atomic E-state index is 13.0. The third-order valence-corrected chi connectivity index (χ3v) is 3.29. The van der Waals surface area contributed by atoms with Crippen LogP contribution in [-0.4, -0.2) is 22.2 Å². The van der Waals surface area contributed by atoms with Gasteiger partial charge in [-0.05, 0) is 31.2 Å². The Hall–Kier alpha value is -1.27. The average molecular weight is 299 g/mol. The zero-order valence-corrected chi connectivity index (χ0v) is 10.8. The van der Waals surface area contributed by atoms with Gasteiger partial charge in [-0.15, -0.1) is 0 Å². The summed E-state index contributed by atoms with van der Waals surface area (Å²) in [6.45, 7) is 0. The fourth-order valence-corrected chi connectivity index (χ4v) is 2.14. The molecule has 0 spiro atoms. The third kappa shape index (κ3) is 2.89. The molecule has 17 heavy (non-hydrogen) atoms. The van der Waals surface area contributed by atoms with Crippen LogP contribution in [0.15, 0.2) is 29.0 Å². The largest absolute Gasteiger partial charge is 0.310 e. The maximum atomic E-state index is 13.0. The molecule has 1 aromatic carbocycles. The number of nitrogens with one attached hydrogen (secondary N) is 2. The van der Waals surface area contributed by atoms with Crippen LogP contribution >= 0.6 is 15.9 Å². The average Bonchev–Trinajstić information content (AvgIpc) is 2.81. The van der Waals surface area contributed by atoms with E-state index in [1.807, 2.05) is 7.05 Å². The Morgan fingerprint density at radius 1 is 1.53 bits per heavy atom. The summed E-state index contributed by atoms with van der Waals surface area (Å²) in [5, 5.41) is 9.79. The van der Waals surface area contributed by atoms with Gasteiger partial charge in [0.1, 0.15) is 18.0 Å². The highest BCUT2D eigenvalue weighted by Crippen LogP contribution is 2.23. The van der Waals surface area contributed by atoms with Gasteiger partial charge in [0.05, 0.1) is 6.04 Å². The van der Waals surface area contributed by atoms with Crippen LogP contribution in [0.3, 0.4) is 0 Å². The van der Waals surface area contributed by atoms with Gasteiger partial charge in [0.25, 0.3) is 0 Å². The molecule has 1 atom stereocenters. The van der Waals surface area contributed by atoms with Crippen molar-refractivity contribution >= 4 is 15.9 Å². The topological polar surface area (TPSA) is 53.6 Å². The molecule has 0 amide bonds. The SMILES string of the molecule is CNC(Cc1ccc(F)cc1Br)c1ncn[nH]1. The minimum absolute atomic E-state index is 0.0271. The Kier molecular flexibility index (Phi) is 3.86. The first-order valence-electron chi connectivity index (χ1n) is 5.17. The van der Waals surface area contributed by atoms with E-state index in [4.69, 9.17) is 0 Å². The minimum atomic E-state index is -0.249. The van der Waals surface area contributed by atoms with E-state index < -0.39 is 0 Å². The third-order valence-electron chi connectivity index (χ3n) is 2.55. The van der Waals surface area contributed by atoms with E-state index in [1.54, 1.807) is 6.07 Å². The number of rotatable bonds is 4. The molecule has 0 radical (unpaired) electrons. The predicted octanol–water partition coefficient (Wildman–Crippen LogP) is 2.21. The normalized spacial score (nSPS) is 12.6. The van der Waals surface area contributed by atoms with Crippen molar-refractivity contribution in [3.63, 3.8) is 0 Å². The van der Waals surface area contributed by atoms with Crippen LogP contribution in [0.25, 0.3) is 0 Å². The number of aromatic nitrogens is 3. The van der Waals surface area contributed by atoms with Crippen molar-refractivity contribution in [2.24, 2.45) is 0 Å². The molecule has 0 saturated carbocycles. The van der Waals surface area contributed by atoms with E-state index in [1.165, 1.54) is 18.5 Å². The van der Waals surface area contributed by atoms with Gasteiger partial charge < -0.3 is 5.32 Å².